The Morgan fingerprint density at radius 3 is 3.12 bits per heavy atom. The summed E-state index contributed by atoms with van der Waals surface area (Å²) in [6, 6.07) is 4.77. The van der Waals surface area contributed by atoms with Crippen molar-refractivity contribution in [3.05, 3.63) is 29.6 Å². The van der Waals surface area contributed by atoms with E-state index in [1.807, 2.05) is 0 Å². The van der Waals surface area contributed by atoms with Crippen LogP contribution in [0.5, 0.6) is 5.88 Å². The van der Waals surface area contributed by atoms with E-state index in [0.29, 0.717) is 29.1 Å². The van der Waals surface area contributed by atoms with Gasteiger partial charge in [-0.05, 0) is 25.0 Å². The lowest BCUT2D eigenvalue weighted by Crippen LogP contribution is -2.12. The lowest BCUT2D eigenvalue weighted by molar-refractivity contribution is 0.278. The minimum Gasteiger partial charge on any atom is -0.477 e. The van der Waals surface area contributed by atoms with Crippen molar-refractivity contribution in [2.24, 2.45) is 0 Å². The zero-order valence-electron chi connectivity index (χ0n) is 8.66. The molecule has 0 atom stereocenters. The molecule has 0 aliphatic carbocycles. The fraction of sp³-hybridized carbons (Fsp3) is 0.250. The maximum atomic E-state index is 13.7. The van der Waals surface area contributed by atoms with Crippen molar-refractivity contribution in [3.63, 3.8) is 0 Å². The number of halogens is 1. The van der Waals surface area contributed by atoms with Gasteiger partial charge in [0.2, 0.25) is 5.88 Å². The van der Waals surface area contributed by atoms with Crippen LogP contribution in [0, 0.1) is 5.82 Å². The molecule has 2 aromatic rings. The SMILES string of the molecule is Nc1c2c(nc3cccc(F)c13)OCCC2. The van der Waals surface area contributed by atoms with Crippen LogP contribution in [0.1, 0.15) is 12.0 Å². The van der Waals surface area contributed by atoms with E-state index in [2.05, 4.69) is 4.98 Å². The van der Waals surface area contributed by atoms with Crippen molar-refractivity contribution in [1.82, 2.24) is 4.98 Å². The zero-order valence-corrected chi connectivity index (χ0v) is 8.66. The largest absolute Gasteiger partial charge is 0.477 e. The minimum atomic E-state index is -0.323. The number of aromatic nitrogens is 1. The number of hydrogen-bond acceptors (Lipinski definition) is 3. The average Bonchev–Trinajstić information content (AvgIpc) is 2.29. The highest BCUT2D eigenvalue weighted by Gasteiger charge is 2.19. The highest BCUT2D eigenvalue weighted by molar-refractivity contribution is 5.93. The molecule has 0 fully saturated rings. The third-order valence-corrected chi connectivity index (χ3v) is 2.88. The first-order chi connectivity index (χ1) is 7.77. The third-order valence-electron chi connectivity index (χ3n) is 2.88. The molecule has 0 unspecified atom stereocenters. The Morgan fingerprint density at radius 1 is 1.38 bits per heavy atom. The first-order valence-corrected chi connectivity index (χ1v) is 5.27. The van der Waals surface area contributed by atoms with Crippen LogP contribution in [-0.2, 0) is 6.42 Å². The Bertz CT molecular complexity index is 568. The summed E-state index contributed by atoms with van der Waals surface area (Å²) < 4.78 is 19.1. The molecule has 2 N–H and O–H groups in total. The number of pyridine rings is 1. The normalized spacial score (nSPS) is 14.6. The second-order valence-electron chi connectivity index (χ2n) is 3.90. The van der Waals surface area contributed by atoms with E-state index in [1.54, 1.807) is 12.1 Å². The number of nitrogen functional groups attached to an aromatic ring is 1. The van der Waals surface area contributed by atoms with Crippen molar-refractivity contribution < 1.29 is 9.13 Å². The molecule has 4 heteroatoms. The van der Waals surface area contributed by atoms with Gasteiger partial charge in [-0.25, -0.2) is 9.37 Å². The summed E-state index contributed by atoms with van der Waals surface area (Å²) in [6.07, 6.45) is 1.71. The summed E-state index contributed by atoms with van der Waals surface area (Å²) >= 11 is 0. The second kappa shape index (κ2) is 3.33. The maximum absolute atomic E-state index is 13.7. The molecule has 1 aromatic heterocycles. The van der Waals surface area contributed by atoms with E-state index in [9.17, 15) is 4.39 Å². The Morgan fingerprint density at radius 2 is 2.25 bits per heavy atom. The third kappa shape index (κ3) is 1.23. The standard InChI is InChI=1S/C12H11FN2O/c13-8-4-1-5-9-10(8)11(14)7-3-2-6-16-12(7)15-9/h1,4-5H,2-3,6H2,(H2,14,15). The Kier molecular flexibility index (Phi) is 1.96. The van der Waals surface area contributed by atoms with Crippen LogP contribution >= 0.6 is 0 Å². The number of nitrogens with zero attached hydrogens (tertiary/aromatic N) is 1. The number of benzene rings is 1. The van der Waals surface area contributed by atoms with Crippen LogP contribution in [0.15, 0.2) is 18.2 Å². The summed E-state index contributed by atoms with van der Waals surface area (Å²) in [5.41, 5.74) is 7.84. The van der Waals surface area contributed by atoms with Crippen molar-refractivity contribution in [2.75, 3.05) is 12.3 Å². The van der Waals surface area contributed by atoms with Gasteiger partial charge < -0.3 is 10.5 Å². The number of anilines is 1. The fourth-order valence-corrected chi connectivity index (χ4v) is 2.09. The molecule has 82 valence electrons. The smallest absolute Gasteiger partial charge is 0.219 e. The van der Waals surface area contributed by atoms with E-state index in [-0.39, 0.29) is 5.82 Å². The van der Waals surface area contributed by atoms with Gasteiger partial charge in [-0.3, -0.25) is 0 Å². The monoisotopic (exact) mass is 218 g/mol. The summed E-state index contributed by atoms with van der Waals surface area (Å²) in [7, 11) is 0. The number of nitrogens with two attached hydrogens (primary N) is 1. The Hall–Kier alpha value is -1.84. The molecular formula is C12H11FN2O. The van der Waals surface area contributed by atoms with Gasteiger partial charge in [0.05, 0.1) is 23.2 Å². The molecule has 0 radical (unpaired) electrons. The van der Waals surface area contributed by atoms with Gasteiger partial charge in [-0.2, -0.15) is 0 Å². The van der Waals surface area contributed by atoms with Gasteiger partial charge in [0.15, 0.2) is 0 Å². The molecule has 1 aliphatic heterocycles. The molecule has 16 heavy (non-hydrogen) atoms. The molecule has 0 spiro atoms. The van der Waals surface area contributed by atoms with Crippen LogP contribution in [0.3, 0.4) is 0 Å². The summed E-state index contributed by atoms with van der Waals surface area (Å²) in [6.45, 7) is 0.653. The van der Waals surface area contributed by atoms with Gasteiger partial charge in [0.25, 0.3) is 0 Å². The Balaban J connectivity index is 2.40. The van der Waals surface area contributed by atoms with Crippen molar-refractivity contribution in [1.29, 1.82) is 0 Å². The van der Waals surface area contributed by atoms with E-state index < -0.39 is 0 Å². The molecule has 0 saturated heterocycles. The van der Waals surface area contributed by atoms with Crippen molar-refractivity contribution in [2.45, 2.75) is 12.8 Å². The van der Waals surface area contributed by atoms with Gasteiger partial charge in [0, 0.05) is 5.56 Å². The Labute approximate surface area is 92.0 Å². The molecular weight excluding hydrogens is 207 g/mol. The summed E-state index contributed by atoms with van der Waals surface area (Å²) in [4.78, 5) is 4.30. The predicted octanol–water partition coefficient (Wildman–Crippen LogP) is 2.28. The topological polar surface area (TPSA) is 48.1 Å². The maximum Gasteiger partial charge on any atom is 0.219 e. The van der Waals surface area contributed by atoms with Crippen LogP contribution < -0.4 is 10.5 Å². The molecule has 1 aromatic carbocycles. The predicted molar refractivity (Wildman–Crippen MR) is 59.9 cm³/mol. The first-order valence-electron chi connectivity index (χ1n) is 5.27. The molecule has 2 heterocycles. The molecule has 1 aliphatic rings. The van der Waals surface area contributed by atoms with Gasteiger partial charge in [-0.15, -0.1) is 0 Å². The summed E-state index contributed by atoms with van der Waals surface area (Å²) in [5.74, 6) is 0.234. The second-order valence-corrected chi connectivity index (χ2v) is 3.90. The number of rotatable bonds is 0. The fourth-order valence-electron chi connectivity index (χ4n) is 2.09. The highest BCUT2D eigenvalue weighted by Crippen LogP contribution is 2.34. The lowest BCUT2D eigenvalue weighted by atomic mass is 10.0. The van der Waals surface area contributed by atoms with Crippen LogP contribution in [0.25, 0.3) is 10.9 Å². The van der Waals surface area contributed by atoms with E-state index in [0.717, 1.165) is 18.4 Å². The number of hydrogen-bond donors (Lipinski definition) is 1. The van der Waals surface area contributed by atoms with E-state index in [4.69, 9.17) is 10.5 Å². The van der Waals surface area contributed by atoms with Crippen LogP contribution in [-0.4, -0.2) is 11.6 Å². The lowest BCUT2D eigenvalue weighted by Gasteiger charge is -2.19. The van der Waals surface area contributed by atoms with Gasteiger partial charge in [-0.1, -0.05) is 6.07 Å². The van der Waals surface area contributed by atoms with Gasteiger partial charge in [0.1, 0.15) is 5.82 Å². The molecule has 0 bridgehead atoms. The van der Waals surface area contributed by atoms with E-state index >= 15 is 0 Å². The average molecular weight is 218 g/mol. The van der Waals surface area contributed by atoms with Crippen LogP contribution in [0.4, 0.5) is 10.1 Å². The molecule has 0 saturated carbocycles. The van der Waals surface area contributed by atoms with Crippen molar-refractivity contribution >= 4 is 16.6 Å². The zero-order chi connectivity index (χ0) is 11.1. The van der Waals surface area contributed by atoms with E-state index in [1.165, 1.54) is 6.07 Å². The van der Waals surface area contributed by atoms with Crippen molar-refractivity contribution in [3.8, 4) is 5.88 Å². The molecule has 0 amide bonds. The highest BCUT2D eigenvalue weighted by atomic mass is 19.1. The molecule has 3 rings (SSSR count). The van der Waals surface area contributed by atoms with Crippen LogP contribution in [0.2, 0.25) is 0 Å². The van der Waals surface area contributed by atoms with Gasteiger partial charge >= 0.3 is 0 Å². The summed E-state index contributed by atoms with van der Waals surface area (Å²) in [5, 5.41) is 0.409. The molecule has 3 nitrogen and oxygen atoms in total. The quantitative estimate of drug-likeness (QED) is 0.738. The minimum absolute atomic E-state index is 0.323. The number of ether oxygens (including phenoxy) is 1. The number of fused-ring (bicyclic) bond motifs is 2. The first kappa shape index (κ1) is 9.39.